The van der Waals surface area contributed by atoms with Crippen LogP contribution in [0.15, 0.2) is 41.0 Å². The molecule has 1 aliphatic heterocycles. The molecule has 22 heavy (non-hydrogen) atoms. The van der Waals surface area contributed by atoms with Gasteiger partial charge in [-0.3, -0.25) is 9.69 Å². The maximum absolute atomic E-state index is 11.9. The monoisotopic (exact) mass is 302 g/mol. The van der Waals surface area contributed by atoms with Crippen molar-refractivity contribution in [2.45, 2.75) is 13.1 Å². The van der Waals surface area contributed by atoms with Gasteiger partial charge < -0.3 is 19.2 Å². The Bertz CT molecular complexity index is 640. The van der Waals surface area contributed by atoms with Crippen LogP contribution in [0, 0.1) is 0 Å². The second-order valence-electron chi connectivity index (χ2n) is 5.22. The van der Waals surface area contributed by atoms with Crippen molar-refractivity contribution in [2.75, 3.05) is 20.4 Å². The Kier molecular flexibility index (Phi) is 4.29. The van der Waals surface area contributed by atoms with Crippen LogP contribution in [0.4, 0.5) is 0 Å². The number of likely N-dealkylation sites (N-methyl/N-ethyl adjacent to an activating group) is 1. The third-order valence-corrected chi connectivity index (χ3v) is 3.34. The molecule has 0 radical (unpaired) electrons. The van der Waals surface area contributed by atoms with Crippen molar-refractivity contribution >= 4 is 5.91 Å². The normalized spacial score (nSPS) is 12.6. The minimum absolute atomic E-state index is 0.0420. The van der Waals surface area contributed by atoms with Crippen LogP contribution in [0.5, 0.6) is 11.5 Å². The number of rotatable bonds is 6. The standard InChI is InChI=1S/C16H18N2O4/c1-18(10-16(19)17-8-13-3-2-6-20-13)9-12-4-5-14-15(7-12)22-11-21-14/h2-7H,8-11H2,1H3,(H,17,19). The van der Waals surface area contributed by atoms with Crippen molar-refractivity contribution in [3.63, 3.8) is 0 Å². The van der Waals surface area contributed by atoms with E-state index >= 15 is 0 Å². The lowest BCUT2D eigenvalue weighted by Crippen LogP contribution is -2.34. The molecule has 0 spiro atoms. The predicted molar refractivity (Wildman–Crippen MR) is 79.5 cm³/mol. The highest BCUT2D eigenvalue weighted by atomic mass is 16.7. The minimum atomic E-state index is -0.0420. The first-order valence-corrected chi connectivity index (χ1v) is 7.07. The number of nitrogens with one attached hydrogen (secondary N) is 1. The number of benzene rings is 1. The van der Waals surface area contributed by atoms with Gasteiger partial charge in [0, 0.05) is 6.54 Å². The zero-order valence-electron chi connectivity index (χ0n) is 12.4. The Hall–Kier alpha value is -2.47. The van der Waals surface area contributed by atoms with Crippen molar-refractivity contribution in [1.29, 1.82) is 0 Å². The SMILES string of the molecule is CN(CC(=O)NCc1ccco1)Cc1ccc2c(c1)OCO2. The Morgan fingerprint density at radius 3 is 2.95 bits per heavy atom. The molecule has 0 saturated carbocycles. The molecule has 1 N–H and O–H groups in total. The van der Waals surface area contributed by atoms with E-state index in [-0.39, 0.29) is 12.7 Å². The molecule has 0 bridgehead atoms. The smallest absolute Gasteiger partial charge is 0.234 e. The molecule has 6 nitrogen and oxygen atoms in total. The van der Waals surface area contributed by atoms with Crippen molar-refractivity contribution in [2.24, 2.45) is 0 Å². The van der Waals surface area contributed by atoms with Crippen LogP contribution >= 0.6 is 0 Å². The molecule has 0 saturated heterocycles. The van der Waals surface area contributed by atoms with E-state index in [9.17, 15) is 4.79 Å². The van der Waals surface area contributed by atoms with Gasteiger partial charge in [-0.25, -0.2) is 0 Å². The molecular formula is C16H18N2O4. The fourth-order valence-corrected chi connectivity index (χ4v) is 2.31. The van der Waals surface area contributed by atoms with Gasteiger partial charge in [-0.15, -0.1) is 0 Å². The highest BCUT2D eigenvalue weighted by Gasteiger charge is 2.14. The molecule has 116 valence electrons. The Labute approximate surface area is 128 Å². The van der Waals surface area contributed by atoms with Gasteiger partial charge in [0.1, 0.15) is 5.76 Å². The van der Waals surface area contributed by atoms with Gasteiger partial charge in [0.25, 0.3) is 0 Å². The lowest BCUT2D eigenvalue weighted by molar-refractivity contribution is -0.122. The maximum Gasteiger partial charge on any atom is 0.234 e. The molecule has 3 rings (SSSR count). The first kappa shape index (κ1) is 14.5. The Morgan fingerprint density at radius 2 is 2.14 bits per heavy atom. The molecule has 0 atom stereocenters. The molecule has 0 unspecified atom stereocenters. The molecular weight excluding hydrogens is 284 g/mol. The van der Waals surface area contributed by atoms with Crippen LogP contribution in [0.3, 0.4) is 0 Å². The summed E-state index contributed by atoms with van der Waals surface area (Å²) in [5.74, 6) is 2.22. The number of fused-ring (bicyclic) bond motifs is 1. The number of nitrogens with zero attached hydrogens (tertiary/aromatic N) is 1. The van der Waals surface area contributed by atoms with E-state index in [0.717, 1.165) is 22.8 Å². The summed E-state index contributed by atoms with van der Waals surface area (Å²) in [6.45, 7) is 1.65. The fourth-order valence-electron chi connectivity index (χ4n) is 2.31. The summed E-state index contributed by atoms with van der Waals surface area (Å²) in [7, 11) is 1.90. The Morgan fingerprint density at radius 1 is 1.27 bits per heavy atom. The molecule has 1 amide bonds. The van der Waals surface area contributed by atoms with Crippen molar-refractivity contribution in [3.8, 4) is 11.5 Å². The van der Waals surface area contributed by atoms with Crippen LogP contribution < -0.4 is 14.8 Å². The number of amides is 1. The first-order chi connectivity index (χ1) is 10.7. The number of hydrogen-bond donors (Lipinski definition) is 1. The number of hydrogen-bond acceptors (Lipinski definition) is 5. The molecule has 6 heteroatoms. The van der Waals surface area contributed by atoms with Gasteiger partial charge in [0.15, 0.2) is 11.5 Å². The molecule has 0 fully saturated rings. The van der Waals surface area contributed by atoms with E-state index in [0.29, 0.717) is 19.6 Å². The second kappa shape index (κ2) is 6.53. The van der Waals surface area contributed by atoms with Crippen LogP contribution in [-0.2, 0) is 17.9 Å². The van der Waals surface area contributed by atoms with E-state index in [4.69, 9.17) is 13.9 Å². The van der Waals surface area contributed by atoms with Crippen LogP contribution in [0.2, 0.25) is 0 Å². The average molecular weight is 302 g/mol. The number of carbonyl (C=O) groups is 1. The van der Waals surface area contributed by atoms with E-state index in [1.807, 2.05) is 36.2 Å². The fraction of sp³-hybridized carbons (Fsp3) is 0.312. The van der Waals surface area contributed by atoms with Crippen molar-refractivity contribution in [3.05, 3.63) is 47.9 Å². The third kappa shape index (κ3) is 3.59. The summed E-state index contributed by atoms with van der Waals surface area (Å²) in [6, 6.07) is 9.44. The summed E-state index contributed by atoms with van der Waals surface area (Å²) in [5.41, 5.74) is 1.07. The largest absolute Gasteiger partial charge is 0.467 e. The summed E-state index contributed by atoms with van der Waals surface area (Å²) < 4.78 is 15.8. The zero-order valence-corrected chi connectivity index (χ0v) is 12.4. The topological polar surface area (TPSA) is 63.9 Å². The van der Waals surface area contributed by atoms with E-state index in [1.54, 1.807) is 12.3 Å². The van der Waals surface area contributed by atoms with Crippen LogP contribution in [0.25, 0.3) is 0 Å². The highest BCUT2D eigenvalue weighted by Crippen LogP contribution is 2.32. The highest BCUT2D eigenvalue weighted by molar-refractivity contribution is 5.77. The molecule has 0 aliphatic carbocycles. The van der Waals surface area contributed by atoms with Crippen molar-refractivity contribution in [1.82, 2.24) is 10.2 Å². The number of carbonyl (C=O) groups excluding carboxylic acids is 1. The van der Waals surface area contributed by atoms with E-state index < -0.39 is 0 Å². The average Bonchev–Trinajstić information content (AvgIpc) is 3.15. The molecule has 2 heterocycles. The van der Waals surface area contributed by atoms with E-state index in [2.05, 4.69) is 5.32 Å². The van der Waals surface area contributed by atoms with Gasteiger partial charge >= 0.3 is 0 Å². The Balaban J connectivity index is 1.47. The van der Waals surface area contributed by atoms with Crippen LogP contribution in [0.1, 0.15) is 11.3 Å². The number of furan rings is 1. The molecule has 1 aliphatic rings. The lowest BCUT2D eigenvalue weighted by Gasteiger charge is -2.16. The molecule has 1 aromatic heterocycles. The lowest BCUT2D eigenvalue weighted by atomic mass is 10.2. The number of ether oxygens (including phenoxy) is 2. The summed E-state index contributed by atoms with van der Waals surface area (Å²) in [6.07, 6.45) is 1.59. The van der Waals surface area contributed by atoms with Crippen LogP contribution in [-0.4, -0.2) is 31.2 Å². The molecule has 2 aromatic rings. The maximum atomic E-state index is 11.9. The van der Waals surface area contributed by atoms with Gasteiger partial charge in [0.05, 0.1) is 19.4 Å². The first-order valence-electron chi connectivity index (χ1n) is 7.07. The third-order valence-electron chi connectivity index (χ3n) is 3.34. The van der Waals surface area contributed by atoms with Gasteiger partial charge in [-0.05, 0) is 36.9 Å². The minimum Gasteiger partial charge on any atom is -0.467 e. The summed E-state index contributed by atoms with van der Waals surface area (Å²) >= 11 is 0. The van der Waals surface area contributed by atoms with Gasteiger partial charge in [-0.1, -0.05) is 6.07 Å². The van der Waals surface area contributed by atoms with Crippen molar-refractivity contribution < 1.29 is 18.7 Å². The van der Waals surface area contributed by atoms with E-state index in [1.165, 1.54) is 0 Å². The summed E-state index contributed by atoms with van der Waals surface area (Å²) in [4.78, 5) is 13.8. The summed E-state index contributed by atoms with van der Waals surface area (Å²) in [5, 5.41) is 2.82. The zero-order chi connectivity index (χ0) is 15.4. The quantitative estimate of drug-likeness (QED) is 0.881. The van der Waals surface area contributed by atoms with Gasteiger partial charge in [0.2, 0.25) is 12.7 Å². The predicted octanol–water partition coefficient (Wildman–Crippen LogP) is 1.76. The second-order valence-corrected chi connectivity index (χ2v) is 5.22. The molecule has 1 aromatic carbocycles. The van der Waals surface area contributed by atoms with Gasteiger partial charge in [-0.2, -0.15) is 0 Å².